The zero-order valence-corrected chi connectivity index (χ0v) is 22.7. The summed E-state index contributed by atoms with van der Waals surface area (Å²) in [5.41, 5.74) is 5.44. The molecule has 3 aliphatic rings. The van der Waals surface area contributed by atoms with Crippen LogP contribution in [0.2, 0.25) is 0 Å². The van der Waals surface area contributed by atoms with Crippen LogP contribution in [0.5, 0.6) is 0 Å². The minimum absolute atomic E-state index is 0.273. The van der Waals surface area contributed by atoms with Crippen molar-refractivity contribution in [3.05, 3.63) is 70.8 Å². The van der Waals surface area contributed by atoms with E-state index in [2.05, 4.69) is 91.5 Å². The van der Waals surface area contributed by atoms with Crippen molar-refractivity contribution in [1.29, 1.82) is 0 Å². The van der Waals surface area contributed by atoms with Crippen LogP contribution < -0.4 is 0 Å². The molecule has 35 heavy (non-hydrogen) atoms. The molecule has 190 valence electrons. The van der Waals surface area contributed by atoms with E-state index in [9.17, 15) is 0 Å². The van der Waals surface area contributed by atoms with Gasteiger partial charge < -0.3 is 14.7 Å². The van der Waals surface area contributed by atoms with Gasteiger partial charge in [-0.3, -0.25) is 4.90 Å². The lowest BCUT2D eigenvalue weighted by molar-refractivity contribution is 0.258. The second kappa shape index (κ2) is 11.5. The molecule has 1 unspecified atom stereocenters. The third-order valence-corrected chi connectivity index (χ3v) is 7.88. The van der Waals surface area contributed by atoms with Gasteiger partial charge in [0.15, 0.2) is 0 Å². The maximum absolute atomic E-state index is 5.14. The molecule has 2 bridgehead atoms. The minimum Gasteiger partial charge on any atom is -0.361 e. The SMILES string of the molecule is C=C1/C=C2/N=C(N3CCCC3)C=C(N(C)CCCCCc3ccc(C)cc3CN(C)C1CC)N2C. The third kappa shape index (κ3) is 6.00. The average molecular weight is 476 g/mol. The summed E-state index contributed by atoms with van der Waals surface area (Å²) in [6.07, 6.45) is 12.9. The summed E-state index contributed by atoms with van der Waals surface area (Å²) in [7, 11) is 6.62. The molecule has 1 saturated heterocycles. The Labute approximate surface area is 213 Å². The molecule has 3 heterocycles. The highest BCUT2D eigenvalue weighted by Crippen LogP contribution is 2.27. The fraction of sp³-hybridized carbons (Fsp3) is 0.567. The first kappa shape index (κ1) is 25.6. The number of aliphatic imine (C=N–C) groups is 1. The molecule has 1 atom stereocenters. The largest absolute Gasteiger partial charge is 0.361 e. The highest BCUT2D eigenvalue weighted by molar-refractivity contribution is 5.95. The second-order valence-corrected chi connectivity index (χ2v) is 10.6. The number of nitrogens with zero attached hydrogens (tertiary/aromatic N) is 5. The predicted octanol–water partition coefficient (Wildman–Crippen LogP) is 5.54. The van der Waals surface area contributed by atoms with Crippen molar-refractivity contribution in [2.75, 3.05) is 40.8 Å². The highest BCUT2D eigenvalue weighted by Gasteiger charge is 2.26. The molecule has 1 aromatic carbocycles. The van der Waals surface area contributed by atoms with Crippen LogP contribution in [0.3, 0.4) is 0 Å². The summed E-state index contributed by atoms with van der Waals surface area (Å²) in [5.74, 6) is 3.33. The summed E-state index contributed by atoms with van der Waals surface area (Å²) < 4.78 is 0. The molecular weight excluding hydrogens is 430 g/mol. The van der Waals surface area contributed by atoms with Crippen molar-refractivity contribution in [3.63, 3.8) is 0 Å². The van der Waals surface area contributed by atoms with E-state index in [0.717, 1.165) is 56.3 Å². The van der Waals surface area contributed by atoms with Gasteiger partial charge in [-0.2, -0.15) is 0 Å². The Morgan fingerprint density at radius 2 is 1.69 bits per heavy atom. The molecular formula is C30H45N5. The van der Waals surface area contributed by atoms with E-state index in [0.29, 0.717) is 0 Å². The standard InChI is InChI=1S/C30H45N5/c1-7-27-24(3)20-28-31-29(35-17-11-12-18-35)21-30(34(28)6)32(4)16-10-8-9-13-25-15-14-23(2)19-26(25)22-33(27)5/h14-15,19-21,27H,3,7-13,16-18,22H2,1-2,4-6H3/b28-20-. The minimum atomic E-state index is 0.273. The van der Waals surface area contributed by atoms with Crippen molar-refractivity contribution in [1.82, 2.24) is 19.6 Å². The monoisotopic (exact) mass is 475 g/mol. The molecule has 0 N–H and O–H groups in total. The fourth-order valence-electron chi connectivity index (χ4n) is 5.76. The molecule has 5 nitrogen and oxygen atoms in total. The van der Waals surface area contributed by atoms with E-state index in [4.69, 9.17) is 4.99 Å². The van der Waals surface area contributed by atoms with E-state index in [1.54, 1.807) is 0 Å². The molecule has 1 fully saturated rings. The lowest BCUT2D eigenvalue weighted by Crippen LogP contribution is -2.38. The van der Waals surface area contributed by atoms with Gasteiger partial charge in [0.1, 0.15) is 17.5 Å². The molecule has 1 aromatic rings. The summed E-state index contributed by atoms with van der Waals surface area (Å²) in [6.45, 7) is 13.2. The third-order valence-electron chi connectivity index (χ3n) is 7.88. The summed E-state index contributed by atoms with van der Waals surface area (Å²) >= 11 is 0. The Morgan fingerprint density at radius 3 is 2.43 bits per heavy atom. The zero-order chi connectivity index (χ0) is 24.9. The van der Waals surface area contributed by atoms with Crippen LogP contribution in [0.1, 0.15) is 62.1 Å². The van der Waals surface area contributed by atoms with Crippen LogP contribution in [0.4, 0.5) is 0 Å². The summed E-state index contributed by atoms with van der Waals surface area (Å²) in [4.78, 5) is 14.7. The highest BCUT2D eigenvalue weighted by atomic mass is 15.4. The number of hydrogen-bond donors (Lipinski definition) is 0. The van der Waals surface area contributed by atoms with Gasteiger partial charge >= 0.3 is 0 Å². The molecule has 0 aliphatic carbocycles. The number of rotatable bonds is 1. The van der Waals surface area contributed by atoms with E-state index < -0.39 is 0 Å². The Balaban J connectivity index is 1.70. The van der Waals surface area contributed by atoms with Crippen molar-refractivity contribution >= 4 is 5.84 Å². The number of aryl methyl sites for hydroxylation is 2. The van der Waals surface area contributed by atoms with Gasteiger partial charge in [-0.25, -0.2) is 4.99 Å². The normalized spacial score (nSPS) is 24.6. The van der Waals surface area contributed by atoms with Crippen molar-refractivity contribution in [2.24, 2.45) is 4.99 Å². The lowest BCUT2D eigenvalue weighted by atomic mass is 9.97. The number of likely N-dealkylation sites (N-methyl/N-ethyl adjacent to an activating group) is 1. The molecule has 3 aliphatic heterocycles. The zero-order valence-electron chi connectivity index (χ0n) is 22.7. The first-order valence-corrected chi connectivity index (χ1v) is 13.6. The summed E-state index contributed by atoms with van der Waals surface area (Å²) in [5, 5.41) is 0. The number of hydrogen-bond acceptors (Lipinski definition) is 5. The first-order chi connectivity index (χ1) is 16.9. The van der Waals surface area contributed by atoms with E-state index >= 15 is 0 Å². The number of amidine groups is 1. The molecule has 0 aromatic heterocycles. The van der Waals surface area contributed by atoms with Crippen molar-refractivity contribution in [3.8, 4) is 0 Å². The first-order valence-electron chi connectivity index (χ1n) is 13.6. The van der Waals surface area contributed by atoms with Crippen LogP contribution in [-0.4, -0.2) is 72.3 Å². The van der Waals surface area contributed by atoms with E-state index in [-0.39, 0.29) is 6.04 Å². The molecule has 5 heteroatoms. The van der Waals surface area contributed by atoms with Crippen LogP contribution in [0.25, 0.3) is 0 Å². The van der Waals surface area contributed by atoms with Gasteiger partial charge in [-0.05, 0) is 75.3 Å². The molecule has 0 radical (unpaired) electrons. The molecule has 0 spiro atoms. The Hall–Kier alpha value is -2.53. The Kier molecular flexibility index (Phi) is 8.38. The Morgan fingerprint density at radius 1 is 0.943 bits per heavy atom. The topological polar surface area (TPSA) is 25.3 Å². The van der Waals surface area contributed by atoms with Gasteiger partial charge in [0, 0.05) is 52.4 Å². The number of benzene rings is 1. The van der Waals surface area contributed by atoms with Gasteiger partial charge in [-0.1, -0.05) is 43.7 Å². The number of likely N-dealkylation sites (tertiary alicyclic amines) is 1. The van der Waals surface area contributed by atoms with Crippen LogP contribution >= 0.6 is 0 Å². The van der Waals surface area contributed by atoms with Crippen LogP contribution in [0.15, 0.2) is 59.1 Å². The van der Waals surface area contributed by atoms with Gasteiger partial charge in [0.05, 0.1) is 0 Å². The molecule has 4 rings (SSSR count). The van der Waals surface area contributed by atoms with Crippen molar-refractivity contribution in [2.45, 2.75) is 71.4 Å². The quantitative estimate of drug-likeness (QED) is 0.532. The number of fused-ring (bicyclic) bond motifs is 3. The Bertz CT molecular complexity index is 998. The van der Waals surface area contributed by atoms with Crippen LogP contribution in [-0.2, 0) is 13.0 Å². The maximum Gasteiger partial charge on any atom is 0.136 e. The van der Waals surface area contributed by atoms with Gasteiger partial charge in [0.2, 0.25) is 0 Å². The summed E-state index contributed by atoms with van der Waals surface area (Å²) in [6, 6.07) is 7.28. The van der Waals surface area contributed by atoms with Crippen molar-refractivity contribution < 1.29 is 0 Å². The fourth-order valence-corrected chi connectivity index (χ4v) is 5.76. The van der Waals surface area contributed by atoms with Gasteiger partial charge in [-0.15, -0.1) is 0 Å². The molecule has 0 amide bonds. The van der Waals surface area contributed by atoms with E-state index in [1.807, 2.05) is 0 Å². The van der Waals surface area contributed by atoms with Gasteiger partial charge in [0.25, 0.3) is 0 Å². The van der Waals surface area contributed by atoms with E-state index in [1.165, 1.54) is 54.6 Å². The maximum atomic E-state index is 5.14. The predicted molar refractivity (Wildman–Crippen MR) is 148 cm³/mol. The van der Waals surface area contributed by atoms with Crippen LogP contribution in [0, 0.1) is 6.92 Å². The molecule has 0 saturated carbocycles. The average Bonchev–Trinajstić information content (AvgIpc) is 3.36. The lowest BCUT2D eigenvalue weighted by Gasteiger charge is -2.36. The second-order valence-electron chi connectivity index (χ2n) is 10.6. The smallest absolute Gasteiger partial charge is 0.136 e.